The smallest absolute Gasteiger partial charge is 0.325 e. The summed E-state index contributed by atoms with van der Waals surface area (Å²) in [6.45, 7) is 5.94. The number of nitrogens with two attached hydrogens (primary N) is 1. The number of aromatic amines is 1. The average Bonchev–Trinajstić information content (AvgIpc) is 2.95. The van der Waals surface area contributed by atoms with Gasteiger partial charge in [0.15, 0.2) is 0 Å². The number of para-hydroxylation sites is 1. The Bertz CT molecular complexity index is 959. The van der Waals surface area contributed by atoms with E-state index in [1.54, 1.807) is 15.2 Å². The molecule has 0 aliphatic heterocycles. The minimum absolute atomic E-state index is 0.0689. The van der Waals surface area contributed by atoms with Gasteiger partial charge in [0, 0.05) is 35.4 Å². The van der Waals surface area contributed by atoms with Crippen molar-refractivity contribution >= 4 is 22.5 Å². The van der Waals surface area contributed by atoms with Crippen molar-refractivity contribution in [3.63, 3.8) is 0 Å². The number of carbonyl (C=O) groups is 1. The van der Waals surface area contributed by atoms with Crippen LogP contribution in [-0.2, 0) is 6.54 Å². The van der Waals surface area contributed by atoms with Crippen molar-refractivity contribution in [2.45, 2.75) is 33.7 Å². The molecule has 23 heavy (non-hydrogen) atoms. The zero-order valence-electron chi connectivity index (χ0n) is 13.5. The zero-order chi connectivity index (χ0) is 16.7. The fourth-order valence-electron chi connectivity index (χ4n) is 3.00. The van der Waals surface area contributed by atoms with E-state index >= 15 is 0 Å². The van der Waals surface area contributed by atoms with E-state index in [0.29, 0.717) is 12.2 Å². The minimum atomic E-state index is -0.179. The largest absolute Gasteiger partial charge is 0.397 e. The maximum Gasteiger partial charge on any atom is 0.325 e. The summed E-state index contributed by atoms with van der Waals surface area (Å²) in [4.78, 5) is 27.3. The van der Waals surface area contributed by atoms with Crippen molar-refractivity contribution in [1.82, 2.24) is 14.1 Å². The van der Waals surface area contributed by atoms with Gasteiger partial charge >= 0.3 is 5.69 Å². The number of anilines is 1. The minimum Gasteiger partial charge on any atom is -0.397 e. The van der Waals surface area contributed by atoms with Gasteiger partial charge in [0.25, 0.3) is 0 Å². The first-order valence-corrected chi connectivity index (χ1v) is 7.56. The van der Waals surface area contributed by atoms with Crippen LogP contribution in [0.25, 0.3) is 10.9 Å². The molecule has 3 rings (SSSR count). The number of hydrogen-bond acceptors (Lipinski definition) is 3. The lowest BCUT2D eigenvalue weighted by Crippen LogP contribution is -2.22. The Morgan fingerprint density at radius 2 is 2.00 bits per heavy atom. The van der Waals surface area contributed by atoms with E-state index in [0.717, 1.165) is 28.0 Å². The van der Waals surface area contributed by atoms with Crippen LogP contribution in [0.5, 0.6) is 0 Å². The van der Waals surface area contributed by atoms with E-state index in [1.807, 2.05) is 39.0 Å². The van der Waals surface area contributed by atoms with Crippen LogP contribution in [0.1, 0.15) is 28.3 Å². The fourth-order valence-corrected chi connectivity index (χ4v) is 3.00. The van der Waals surface area contributed by atoms with Crippen LogP contribution >= 0.6 is 0 Å². The summed E-state index contributed by atoms with van der Waals surface area (Å²) in [5.74, 6) is -0.0689. The molecule has 2 aromatic heterocycles. The monoisotopic (exact) mass is 312 g/mol. The first kappa shape index (κ1) is 15.1. The number of imidazole rings is 1. The lowest BCUT2D eigenvalue weighted by molar-refractivity contribution is 0.0899. The van der Waals surface area contributed by atoms with Gasteiger partial charge in [-0.1, -0.05) is 12.1 Å². The number of benzene rings is 1. The Kier molecular flexibility index (Phi) is 3.60. The topological polar surface area (TPSA) is 85.8 Å². The number of nitrogen functional groups attached to an aromatic ring is 1. The number of rotatable bonds is 3. The molecule has 0 saturated carbocycles. The molecule has 3 aromatic rings. The van der Waals surface area contributed by atoms with Gasteiger partial charge in [-0.05, 0) is 32.9 Å². The number of aromatic nitrogens is 3. The van der Waals surface area contributed by atoms with E-state index in [9.17, 15) is 9.59 Å². The van der Waals surface area contributed by atoms with Crippen LogP contribution in [0.2, 0.25) is 0 Å². The lowest BCUT2D eigenvalue weighted by atomic mass is 10.2. The van der Waals surface area contributed by atoms with Crippen molar-refractivity contribution in [3.8, 4) is 0 Å². The van der Waals surface area contributed by atoms with Crippen LogP contribution in [-0.4, -0.2) is 20.0 Å². The van der Waals surface area contributed by atoms with Gasteiger partial charge in [0.1, 0.15) is 0 Å². The molecule has 0 radical (unpaired) electrons. The highest BCUT2D eigenvalue weighted by Gasteiger charge is 2.16. The molecule has 0 bridgehead atoms. The number of aryl methyl sites for hydroxylation is 2. The van der Waals surface area contributed by atoms with Crippen LogP contribution in [0, 0.1) is 20.8 Å². The molecule has 3 N–H and O–H groups in total. The van der Waals surface area contributed by atoms with Gasteiger partial charge in [0.05, 0.1) is 11.2 Å². The normalized spacial score (nSPS) is 11.3. The molecule has 0 atom stereocenters. The summed E-state index contributed by atoms with van der Waals surface area (Å²) in [6.07, 6.45) is 0.233. The Labute approximate surface area is 133 Å². The van der Waals surface area contributed by atoms with Crippen LogP contribution in [0.3, 0.4) is 0 Å². The van der Waals surface area contributed by atoms with E-state index in [-0.39, 0.29) is 18.0 Å². The number of carbonyl (C=O) groups excluding carboxylic acids is 1. The molecular formula is C17H20N4O2. The summed E-state index contributed by atoms with van der Waals surface area (Å²) in [6, 6.07) is 7.54. The molecule has 120 valence electrons. The third-order valence-corrected chi connectivity index (χ3v) is 4.32. The third kappa shape index (κ3) is 2.46. The second-order valence-corrected chi connectivity index (χ2v) is 5.84. The summed E-state index contributed by atoms with van der Waals surface area (Å²) < 4.78 is 3.24. The first-order chi connectivity index (χ1) is 10.9. The maximum atomic E-state index is 12.7. The molecule has 0 fully saturated rings. The quantitative estimate of drug-likeness (QED) is 0.728. The Morgan fingerprint density at radius 1 is 1.26 bits per heavy atom. The molecule has 0 aliphatic rings. The highest BCUT2D eigenvalue weighted by atomic mass is 16.2. The molecule has 1 aromatic carbocycles. The lowest BCUT2D eigenvalue weighted by Gasteiger charge is -2.09. The van der Waals surface area contributed by atoms with E-state index in [2.05, 4.69) is 4.98 Å². The third-order valence-electron chi connectivity index (χ3n) is 4.32. The molecule has 0 amide bonds. The Hall–Kier alpha value is -2.76. The summed E-state index contributed by atoms with van der Waals surface area (Å²) in [7, 11) is 0. The molecular weight excluding hydrogens is 292 g/mol. The number of H-pyrrole nitrogens is 1. The van der Waals surface area contributed by atoms with E-state index in [1.165, 1.54) is 0 Å². The van der Waals surface area contributed by atoms with Gasteiger partial charge in [-0.25, -0.2) is 4.79 Å². The number of hydrogen-bond donors (Lipinski definition) is 2. The molecule has 2 heterocycles. The second kappa shape index (κ2) is 5.46. The zero-order valence-corrected chi connectivity index (χ0v) is 13.5. The molecule has 0 spiro atoms. The Morgan fingerprint density at radius 3 is 2.65 bits per heavy atom. The predicted octanol–water partition coefficient (Wildman–Crippen LogP) is 2.37. The average molecular weight is 312 g/mol. The summed E-state index contributed by atoms with van der Waals surface area (Å²) in [5.41, 5.74) is 9.70. The molecule has 0 unspecified atom stereocenters. The highest BCUT2D eigenvalue weighted by molar-refractivity contribution is 5.99. The van der Waals surface area contributed by atoms with Gasteiger partial charge in [-0.15, -0.1) is 0 Å². The van der Waals surface area contributed by atoms with Crippen LogP contribution in [0.4, 0.5) is 5.69 Å². The van der Waals surface area contributed by atoms with Crippen LogP contribution < -0.4 is 11.4 Å². The van der Waals surface area contributed by atoms with Crippen molar-refractivity contribution in [1.29, 1.82) is 0 Å². The van der Waals surface area contributed by atoms with Crippen molar-refractivity contribution in [2.24, 2.45) is 0 Å². The van der Waals surface area contributed by atoms with Crippen LogP contribution in [0.15, 0.2) is 29.1 Å². The van der Waals surface area contributed by atoms with E-state index < -0.39 is 0 Å². The van der Waals surface area contributed by atoms with Gasteiger partial charge in [0.2, 0.25) is 5.91 Å². The first-order valence-electron chi connectivity index (χ1n) is 7.56. The molecule has 0 aliphatic carbocycles. The Balaban J connectivity index is 1.93. The molecule has 0 saturated heterocycles. The van der Waals surface area contributed by atoms with Gasteiger partial charge in [-0.3, -0.25) is 13.9 Å². The molecule has 6 nitrogen and oxygen atoms in total. The van der Waals surface area contributed by atoms with Gasteiger partial charge in [-0.2, -0.15) is 0 Å². The fraction of sp³-hybridized carbons (Fsp3) is 0.294. The van der Waals surface area contributed by atoms with Crippen molar-refractivity contribution in [3.05, 3.63) is 51.8 Å². The SMILES string of the molecule is Cc1[nH]c(=O)n(CCC(=O)n2c(C)cc3cccc(N)c32)c1C. The predicted molar refractivity (Wildman–Crippen MR) is 90.9 cm³/mol. The van der Waals surface area contributed by atoms with Crippen molar-refractivity contribution < 1.29 is 4.79 Å². The summed E-state index contributed by atoms with van der Waals surface area (Å²) in [5, 5.41) is 0.946. The van der Waals surface area contributed by atoms with E-state index in [4.69, 9.17) is 5.73 Å². The standard InChI is InChI=1S/C17H20N4O2/c1-10-9-13-5-4-6-14(18)16(13)21(10)15(22)7-8-20-12(3)11(2)19-17(20)23/h4-6,9H,7-8,18H2,1-3H3,(H,19,23). The molecule has 6 heteroatoms. The maximum absolute atomic E-state index is 12.7. The van der Waals surface area contributed by atoms with Gasteiger partial charge < -0.3 is 10.7 Å². The highest BCUT2D eigenvalue weighted by Crippen LogP contribution is 2.25. The number of nitrogens with zero attached hydrogens (tertiary/aromatic N) is 2. The summed E-state index contributed by atoms with van der Waals surface area (Å²) >= 11 is 0. The number of fused-ring (bicyclic) bond motifs is 1. The number of nitrogens with one attached hydrogen (secondary N) is 1. The van der Waals surface area contributed by atoms with Crippen molar-refractivity contribution in [2.75, 3.05) is 5.73 Å². The second-order valence-electron chi connectivity index (χ2n) is 5.84.